The molecular formula is C13H14N4O4. The van der Waals surface area contributed by atoms with Gasteiger partial charge in [0.1, 0.15) is 6.54 Å². The Balaban J connectivity index is 2.09. The minimum Gasteiger partial charge on any atom is -0.481 e. The highest BCUT2D eigenvalue weighted by molar-refractivity contribution is 5.90. The van der Waals surface area contributed by atoms with E-state index < -0.39 is 17.2 Å². The summed E-state index contributed by atoms with van der Waals surface area (Å²) < 4.78 is 6.99. The lowest BCUT2D eigenvalue weighted by Gasteiger charge is -2.08. The molecule has 2 aromatic heterocycles. The molecule has 21 heavy (non-hydrogen) atoms. The molecule has 8 heteroatoms. The van der Waals surface area contributed by atoms with Crippen LogP contribution in [0.25, 0.3) is 0 Å². The van der Waals surface area contributed by atoms with Gasteiger partial charge in [0.2, 0.25) is 11.8 Å². The number of carbonyl (C=O) groups is 1. The van der Waals surface area contributed by atoms with Gasteiger partial charge in [0, 0.05) is 25.4 Å². The Morgan fingerprint density at radius 1 is 1.33 bits per heavy atom. The molecule has 0 atom stereocenters. The highest BCUT2D eigenvalue weighted by Gasteiger charge is 2.07. The number of hydrogen-bond donors (Lipinski definition) is 1. The Hall–Kier alpha value is -2.90. The molecule has 0 unspecified atom stereocenters. The van der Waals surface area contributed by atoms with Crippen LogP contribution in [0.15, 0.2) is 40.2 Å². The minimum absolute atomic E-state index is 0.195. The van der Waals surface area contributed by atoms with E-state index in [-0.39, 0.29) is 6.54 Å². The number of nitrogens with one attached hydrogen (secondary N) is 1. The van der Waals surface area contributed by atoms with Crippen LogP contribution < -0.4 is 21.3 Å². The van der Waals surface area contributed by atoms with Crippen LogP contribution >= 0.6 is 0 Å². The van der Waals surface area contributed by atoms with E-state index in [1.165, 1.54) is 32.6 Å². The first-order valence-electron chi connectivity index (χ1n) is 6.07. The van der Waals surface area contributed by atoms with Crippen LogP contribution in [0.4, 0.5) is 5.69 Å². The van der Waals surface area contributed by atoms with Crippen molar-refractivity contribution in [2.75, 3.05) is 12.4 Å². The van der Waals surface area contributed by atoms with Gasteiger partial charge in [-0.05, 0) is 6.07 Å². The third-order valence-electron chi connectivity index (χ3n) is 2.80. The van der Waals surface area contributed by atoms with Gasteiger partial charge in [-0.2, -0.15) is 0 Å². The lowest BCUT2D eigenvalue weighted by molar-refractivity contribution is -0.116. The normalized spacial score (nSPS) is 10.2. The molecule has 0 fully saturated rings. The molecule has 8 nitrogen and oxygen atoms in total. The highest BCUT2D eigenvalue weighted by Crippen LogP contribution is 2.10. The molecule has 0 aliphatic carbocycles. The van der Waals surface area contributed by atoms with Gasteiger partial charge >= 0.3 is 5.69 Å². The van der Waals surface area contributed by atoms with Crippen LogP contribution in [0, 0.1) is 0 Å². The Morgan fingerprint density at radius 2 is 2.10 bits per heavy atom. The second-order valence-electron chi connectivity index (χ2n) is 4.26. The summed E-state index contributed by atoms with van der Waals surface area (Å²) in [5.41, 5.74) is -0.486. The van der Waals surface area contributed by atoms with Crippen molar-refractivity contribution in [1.29, 1.82) is 0 Å². The largest absolute Gasteiger partial charge is 0.481 e. The zero-order chi connectivity index (χ0) is 15.4. The smallest absolute Gasteiger partial charge is 0.331 e. The third-order valence-corrected chi connectivity index (χ3v) is 2.80. The number of ether oxygens (including phenoxy) is 1. The average Bonchev–Trinajstić information content (AvgIpc) is 2.49. The van der Waals surface area contributed by atoms with Gasteiger partial charge in [-0.15, -0.1) is 0 Å². The monoisotopic (exact) mass is 290 g/mol. The van der Waals surface area contributed by atoms with Crippen molar-refractivity contribution >= 4 is 11.6 Å². The molecule has 1 N–H and O–H groups in total. The Kier molecular flexibility index (Phi) is 4.17. The molecular weight excluding hydrogens is 276 g/mol. The molecule has 0 saturated heterocycles. The van der Waals surface area contributed by atoms with E-state index in [4.69, 9.17) is 4.74 Å². The van der Waals surface area contributed by atoms with Crippen molar-refractivity contribution in [3.05, 3.63) is 51.4 Å². The lowest BCUT2D eigenvalue weighted by Crippen LogP contribution is -2.38. The van der Waals surface area contributed by atoms with Gasteiger partial charge in [0.15, 0.2) is 0 Å². The molecule has 0 bridgehead atoms. The van der Waals surface area contributed by atoms with Crippen molar-refractivity contribution in [3.8, 4) is 5.88 Å². The molecule has 0 aliphatic heterocycles. The number of aromatic nitrogens is 3. The van der Waals surface area contributed by atoms with Gasteiger partial charge in [-0.1, -0.05) is 0 Å². The van der Waals surface area contributed by atoms with Crippen LogP contribution in [0.2, 0.25) is 0 Å². The molecule has 0 saturated carbocycles. The zero-order valence-corrected chi connectivity index (χ0v) is 11.6. The molecule has 0 aliphatic rings. The summed E-state index contributed by atoms with van der Waals surface area (Å²) in [6, 6.07) is 4.46. The Bertz CT molecular complexity index is 761. The van der Waals surface area contributed by atoms with E-state index in [1.54, 1.807) is 12.1 Å². The molecule has 0 spiro atoms. The molecule has 1 amide bonds. The maximum atomic E-state index is 11.9. The maximum absolute atomic E-state index is 11.9. The molecule has 0 radical (unpaired) electrons. The van der Waals surface area contributed by atoms with Crippen molar-refractivity contribution < 1.29 is 9.53 Å². The second-order valence-corrected chi connectivity index (χ2v) is 4.26. The molecule has 2 aromatic rings. The van der Waals surface area contributed by atoms with Crippen LogP contribution in [-0.2, 0) is 18.4 Å². The number of carbonyl (C=O) groups excluding carboxylic acids is 1. The lowest BCUT2D eigenvalue weighted by atomic mass is 10.4. The fourth-order valence-corrected chi connectivity index (χ4v) is 1.67. The van der Waals surface area contributed by atoms with Crippen molar-refractivity contribution in [1.82, 2.24) is 14.1 Å². The second kappa shape index (κ2) is 6.04. The number of rotatable bonds is 4. The maximum Gasteiger partial charge on any atom is 0.331 e. The van der Waals surface area contributed by atoms with Gasteiger partial charge in [0.05, 0.1) is 19.0 Å². The number of hydrogen-bond acceptors (Lipinski definition) is 5. The number of anilines is 1. The molecule has 0 aromatic carbocycles. The van der Waals surface area contributed by atoms with Crippen LogP contribution in [0.3, 0.4) is 0 Å². The van der Waals surface area contributed by atoms with E-state index in [2.05, 4.69) is 10.3 Å². The molecule has 2 rings (SSSR count). The molecule has 2 heterocycles. The summed E-state index contributed by atoms with van der Waals surface area (Å²) in [6.45, 7) is -0.195. The van der Waals surface area contributed by atoms with Crippen LogP contribution in [0.5, 0.6) is 5.88 Å². The van der Waals surface area contributed by atoms with Crippen molar-refractivity contribution in [2.24, 2.45) is 7.05 Å². The average molecular weight is 290 g/mol. The molecule has 110 valence electrons. The quantitative estimate of drug-likeness (QED) is 0.826. The Morgan fingerprint density at radius 3 is 2.71 bits per heavy atom. The summed E-state index contributed by atoms with van der Waals surface area (Å²) in [5.74, 6) is 0.0324. The predicted octanol–water partition coefficient (Wildman–Crippen LogP) is -0.411. The summed E-state index contributed by atoms with van der Waals surface area (Å²) in [5, 5.41) is 2.60. The number of nitrogens with zero attached hydrogens (tertiary/aromatic N) is 3. The first-order valence-corrected chi connectivity index (χ1v) is 6.07. The summed E-state index contributed by atoms with van der Waals surface area (Å²) in [6.07, 6.45) is 2.73. The van der Waals surface area contributed by atoms with E-state index >= 15 is 0 Å². The van der Waals surface area contributed by atoms with Gasteiger partial charge in [0.25, 0.3) is 5.56 Å². The van der Waals surface area contributed by atoms with E-state index in [1.807, 2.05) is 0 Å². The SMILES string of the molecule is COc1ccc(NC(=O)Cn2ccc(=O)n(C)c2=O)cn1. The fraction of sp³-hybridized carbons (Fsp3) is 0.231. The number of methoxy groups -OCH3 is 1. The highest BCUT2D eigenvalue weighted by atomic mass is 16.5. The Labute approximate surface area is 119 Å². The first-order chi connectivity index (χ1) is 10.0. The van der Waals surface area contributed by atoms with Gasteiger partial charge in [-0.25, -0.2) is 9.78 Å². The number of amides is 1. The van der Waals surface area contributed by atoms with Crippen molar-refractivity contribution in [2.45, 2.75) is 6.54 Å². The zero-order valence-electron chi connectivity index (χ0n) is 11.6. The summed E-state index contributed by atoms with van der Waals surface area (Å²) in [4.78, 5) is 38.9. The predicted molar refractivity (Wildman–Crippen MR) is 75.4 cm³/mol. The first kappa shape index (κ1) is 14.5. The summed E-state index contributed by atoms with van der Waals surface area (Å²) >= 11 is 0. The van der Waals surface area contributed by atoms with Crippen molar-refractivity contribution in [3.63, 3.8) is 0 Å². The topological polar surface area (TPSA) is 95.2 Å². The van der Waals surface area contributed by atoms with E-state index in [0.29, 0.717) is 11.6 Å². The minimum atomic E-state index is -0.550. The standard InChI is InChI=1S/C13H14N4O4/c1-16-12(19)5-6-17(13(16)20)8-10(18)15-9-3-4-11(21-2)14-7-9/h3-7H,8H2,1-2H3,(H,15,18). The van der Waals surface area contributed by atoms with Crippen LogP contribution in [0.1, 0.15) is 0 Å². The fourth-order valence-electron chi connectivity index (χ4n) is 1.67. The van der Waals surface area contributed by atoms with E-state index in [0.717, 1.165) is 9.13 Å². The van der Waals surface area contributed by atoms with Crippen LogP contribution in [-0.4, -0.2) is 27.1 Å². The van der Waals surface area contributed by atoms with Gasteiger partial charge in [-0.3, -0.25) is 18.7 Å². The van der Waals surface area contributed by atoms with E-state index in [9.17, 15) is 14.4 Å². The summed E-state index contributed by atoms with van der Waals surface area (Å²) in [7, 11) is 2.85. The number of pyridine rings is 1. The van der Waals surface area contributed by atoms with Gasteiger partial charge < -0.3 is 10.1 Å². The third kappa shape index (κ3) is 3.35.